The molecule has 3 amide bonds. The van der Waals surface area contributed by atoms with Gasteiger partial charge in [-0.25, -0.2) is 4.79 Å². The number of ether oxygens (including phenoxy) is 1. The molecule has 0 bridgehead atoms. The summed E-state index contributed by atoms with van der Waals surface area (Å²) in [7, 11) is 1.59. The molecule has 0 unspecified atom stereocenters. The standard InChI is InChI=1S/C20H31N3O3/c1-14(2)16-7-8-17(18(13-16)26-5)19(24)22-9-6-10-23(12-11-22)20(25)21-15(3)4/h7-8,13-15H,6,9-12H2,1-5H3,(H,21,25). The lowest BCUT2D eigenvalue weighted by Crippen LogP contribution is -2.44. The van der Waals surface area contributed by atoms with Gasteiger partial charge in [0.1, 0.15) is 5.75 Å². The molecule has 0 atom stereocenters. The van der Waals surface area contributed by atoms with Crippen LogP contribution < -0.4 is 10.1 Å². The maximum Gasteiger partial charge on any atom is 0.317 e. The van der Waals surface area contributed by atoms with E-state index in [1.54, 1.807) is 12.0 Å². The van der Waals surface area contributed by atoms with E-state index >= 15 is 0 Å². The number of methoxy groups -OCH3 is 1. The molecule has 6 heteroatoms. The van der Waals surface area contributed by atoms with Gasteiger partial charge in [-0.15, -0.1) is 0 Å². The number of rotatable bonds is 4. The second-order valence-corrected chi connectivity index (χ2v) is 7.35. The predicted molar refractivity (Wildman–Crippen MR) is 103 cm³/mol. The lowest BCUT2D eigenvalue weighted by Gasteiger charge is -2.24. The minimum absolute atomic E-state index is 0.0386. The summed E-state index contributed by atoms with van der Waals surface area (Å²) < 4.78 is 5.46. The van der Waals surface area contributed by atoms with Gasteiger partial charge >= 0.3 is 6.03 Å². The molecular formula is C20H31N3O3. The zero-order valence-corrected chi connectivity index (χ0v) is 16.5. The molecule has 0 aromatic heterocycles. The molecule has 144 valence electrons. The van der Waals surface area contributed by atoms with Gasteiger partial charge in [-0.3, -0.25) is 4.79 Å². The van der Waals surface area contributed by atoms with Crippen LogP contribution in [-0.2, 0) is 0 Å². The largest absolute Gasteiger partial charge is 0.496 e. The van der Waals surface area contributed by atoms with Crippen LogP contribution in [-0.4, -0.2) is 61.1 Å². The van der Waals surface area contributed by atoms with Crippen LogP contribution in [0.1, 0.15) is 56.0 Å². The van der Waals surface area contributed by atoms with Gasteiger partial charge in [-0.05, 0) is 43.9 Å². The number of carbonyl (C=O) groups is 2. The number of nitrogens with zero attached hydrogens (tertiary/aromatic N) is 2. The molecule has 1 aromatic carbocycles. The van der Waals surface area contributed by atoms with Crippen molar-refractivity contribution >= 4 is 11.9 Å². The van der Waals surface area contributed by atoms with Crippen molar-refractivity contribution in [2.24, 2.45) is 0 Å². The smallest absolute Gasteiger partial charge is 0.317 e. The second-order valence-electron chi connectivity index (χ2n) is 7.35. The molecule has 0 spiro atoms. The van der Waals surface area contributed by atoms with Crippen LogP contribution in [0.25, 0.3) is 0 Å². The Hall–Kier alpha value is -2.24. The molecule has 1 N–H and O–H groups in total. The second kappa shape index (κ2) is 8.92. The fourth-order valence-corrected chi connectivity index (χ4v) is 3.08. The zero-order valence-electron chi connectivity index (χ0n) is 16.5. The Balaban J connectivity index is 2.09. The predicted octanol–water partition coefficient (Wildman–Crippen LogP) is 3.08. The van der Waals surface area contributed by atoms with Gasteiger partial charge in [0.2, 0.25) is 0 Å². The number of carbonyl (C=O) groups excluding carboxylic acids is 2. The van der Waals surface area contributed by atoms with Gasteiger partial charge in [0.05, 0.1) is 12.7 Å². The van der Waals surface area contributed by atoms with Crippen LogP contribution in [0.15, 0.2) is 18.2 Å². The monoisotopic (exact) mass is 361 g/mol. The van der Waals surface area contributed by atoms with Crippen molar-refractivity contribution in [3.63, 3.8) is 0 Å². The van der Waals surface area contributed by atoms with E-state index in [-0.39, 0.29) is 18.0 Å². The lowest BCUT2D eigenvalue weighted by molar-refractivity contribution is 0.0758. The Morgan fingerprint density at radius 3 is 2.31 bits per heavy atom. The lowest BCUT2D eigenvalue weighted by atomic mass is 10.0. The van der Waals surface area contributed by atoms with Gasteiger partial charge in [-0.2, -0.15) is 0 Å². The topological polar surface area (TPSA) is 61.9 Å². The normalized spacial score (nSPS) is 15.2. The summed E-state index contributed by atoms with van der Waals surface area (Å²) in [6.07, 6.45) is 0.768. The highest BCUT2D eigenvalue weighted by Gasteiger charge is 2.25. The fourth-order valence-electron chi connectivity index (χ4n) is 3.08. The number of hydrogen-bond acceptors (Lipinski definition) is 3. The molecule has 0 radical (unpaired) electrons. The van der Waals surface area contributed by atoms with E-state index in [9.17, 15) is 9.59 Å². The van der Waals surface area contributed by atoms with E-state index in [4.69, 9.17) is 4.74 Å². The van der Waals surface area contributed by atoms with Gasteiger partial charge in [-0.1, -0.05) is 19.9 Å². The van der Waals surface area contributed by atoms with E-state index < -0.39 is 0 Å². The molecule has 0 aliphatic carbocycles. The van der Waals surface area contributed by atoms with Gasteiger partial charge in [0, 0.05) is 32.2 Å². The average molecular weight is 361 g/mol. The maximum atomic E-state index is 13.0. The molecule has 1 fully saturated rings. The van der Waals surface area contributed by atoms with E-state index in [0.29, 0.717) is 43.4 Å². The summed E-state index contributed by atoms with van der Waals surface area (Å²) in [4.78, 5) is 28.8. The molecule has 1 saturated heterocycles. The first-order valence-corrected chi connectivity index (χ1v) is 9.36. The molecule has 1 heterocycles. The highest BCUT2D eigenvalue weighted by molar-refractivity contribution is 5.97. The van der Waals surface area contributed by atoms with Gasteiger partial charge in [0.15, 0.2) is 0 Å². The first-order chi connectivity index (χ1) is 12.3. The third-order valence-electron chi connectivity index (χ3n) is 4.61. The van der Waals surface area contributed by atoms with Crippen LogP contribution in [0, 0.1) is 0 Å². The third kappa shape index (κ3) is 4.90. The molecule has 2 rings (SSSR count). The van der Waals surface area contributed by atoms with E-state index in [0.717, 1.165) is 12.0 Å². The van der Waals surface area contributed by atoms with E-state index in [1.165, 1.54) is 0 Å². The minimum Gasteiger partial charge on any atom is -0.496 e. The summed E-state index contributed by atoms with van der Waals surface area (Å²) in [5.74, 6) is 0.947. The van der Waals surface area contributed by atoms with Crippen molar-refractivity contribution in [3.8, 4) is 5.75 Å². The Morgan fingerprint density at radius 2 is 1.69 bits per heavy atom. The van der Waals surface area contributed by atoms with Crippen LogP contribution >= 0.6 is 0 Å². The SMILES string of the molecule is COc1cc(C(C)C)ccc1C(=O)N1CCCN(C(=O)NC(C)C)CC1. The highest BCUT2D eigenvalue weighted by atomic mass is 16.5. The van der Waals surface area contributed by atoms with Crippen LogP contribution in [0.4, 0.5) is 4.79 Å². The molecule has 0 saturated carbocycles. The van der Waals surface area contributed by atoms with Crippen molar-refractivity contribution in [1.82, 2.24) is 15.1 Å². The van der Waals surface area contributed by atoms with Crippen LogP contribution in [0.2, 0.25) is 0 Å². The molecule has 1 aliphatic rings. The Morgan fingerprint density at radius 1 is 1.04 bits per heavy atom. The number of benzene rings is 1. The Bertz CT molecular complexity index is 643. The molecule has 6 nitrogen and oxygen atoms in total. The van der Waals surface area contributed by atoms with Crippen molar-refractivity contribution in [2.75, 3.05) is 33.3 Å². The summed E-state index contributed by atoms with van der Waals surface area (Å²) in [5, 5.41) is 2.91. The molecule has 1 aromatic rings. The summed E-state index contributed by atoms with van der Waals surface area (Å²) >= 11 is 0. The summed E-state index contributed by atoms with van der Waals surface area (Å²) in [6, 6.07) is 5.82. The molecular weight excluding hydrogens is 330 g/mol. The van der Waals surface area contributed by atoms with Gasteiger partial charge < -0.3 is 19.9 Å². The van der Waals surface area contributed by atoms with Crippen molar-refractivity contribution in [2.45, 2.75) is 46.1 Å². The van der Waals surface area contributed by atoms with Gasteiger partial charge in [0.25, 0.3) is 5.91 Å². The van der Waals surface area contributed by atoms with Crippen molar-refractivity contribution < 1.29 is 14.3 Å². The number of urea groups is 1. The average Bonchev–Trinajstić information content (AvgIpc) is 2.86. The molecule has 26 heavy (non-hydrogen) atoms. The Labute approximate surface area is 156 Å². The maximum absolute atomic E-state index is 13.0. The first-order valence-electron chi connectivity index (χ1n) is 9.36. The fraction of sp³-hybridized carbons (Fsp3) is 0.600. The Kier molecular flexibility index (Phi) is 6.89. The number of nitrogens with one attached hydrogen (secondary N) is 1. The number of hydrogen-bond donors (Lipinski definition) is 1. The van der Waals surface area contributed by atoms with E-state index in [2.05, 4.69) is 19.2 Å². The van der Waals surface area contributed by atoms with Crippen molar-refractivity contribution in [3.05, 3.63) is 29.3 Å². The number of amides is 3. The first kappa shape index (κ1) is 20.1. The van der Waals surface area contributed by atoms with Crippen LogP contribution in [0.5, 0.6) is 5.75 Å². The summed E-state index contributed by atoms with van der Waals surface area (Å²) in [5.41, 5.74) is 1.72. The van der Waals surface area contributed by atoms with Crippen LogP contribution in [0.3, 0.4) is 0 Å². The highest BCUT2D eigenvalue weighted by Crippen LogP contribution is 2.26. The summed E-state index contributed by atoms with van der Waals surface area (Å²) in [6.45, 7) is 10.5. The molecule has 1 aliphatic heterocycles. The minimum atomic E-state index is -0.0619. The van der Waals surface area contributed by atoms with Crippen molar-refractivity contribution in [1.29, 1.82) is 0 Å². The quantitative estimate of drug-likeness (QED) is 0.896. The zero-order chi connectivity index (χ0) is 19.3. The van der Waals surface area contributed by atoms with E-state index in [1.807, 2.05) is 36.9 Å². The third-order valence-corrected chi connectivity index (χ3v) is 4.61.